The van der Waals surface area contributed by atoms with Crippen LogP contribution in [0.2, 0.25) is 5.02 Å². The smallest absolute Gasteiger partial charge is 0.122 e. The summed E-state index contributed by atoms with van der Waals surface area (Å²) in [7, 11) is 0. The molecule has 0 bridgehead atoms. The third-order valence-electron chi connectivity index (χ3n) is 1.92. The summed E-state index contributed by atoms with van der Waals surface area (Å²) < 4.78 is 12.8. The molecule has 0 fully saturated rings. The van der Waals surface area contributed by atoms with Crippen molar-refractivity contribution in [1.29, 1.82) is 0 Å². The highest BCUT2D eigenvalue weighted by Crippen LogP contribution is 2.23. The van der Waals surface area contributed by atoms with Gasteiger partial charge in [0.25, 0.3) is 0 Å². The van der Waals surface area contributed by atoms with Crippen LogP contribution in [-0.2, 0) is 6.42 Å². The van der Waals surface area contributed by atoms with E-state index in [2.05, 4.69) is 0 Å². The van der Waals surface area contributed by atoms with Crippen LogP contribution >= 0.6 is 11.6 Å². The Morgan fingerprint density at radius 3 is 2.69 bits per heavy atom. The Labute approximate surface area is 82.2 Å². The lowest BCUT2D eigenvalue weighted by Crippen LogP contribution is -1.93. The summed E-state index contributed by atoms with van der Waals surface area (Å²) in [4.78, 5) is 0. The SMILES string of the molecule is CC(F)c1ccc(CCO)c(Cl)c1. The average Bonchev–Trinajstić information content (AvgIpc) is 2.08. The molecule has 1 aromatic carbocycles. The zero-order valence-corrected chi connectivity index (χ0v) is 8.18. The van der Waals surface area contributed by atoms with Crippen molar-refractivity contribution in [2.45, 2.75) is 19.5 Å². The number of rotatable bonds is 3. The van der Waals surface area contributed by atoms with Crippen LogP contribution in [0, 0.1) is 0 Å². The molecule has 1 unspecified atom stereocenters. The van der Waals surface area contributed by atoms with Crippen LogP contribution in [0.1, 0.15) is 24.2 Å². The molecule has 3 heteroatoms. The third-order valence-corrected chi connectivity index (χ3v) is 2.27. The molecule has 1 rings (SSSR count). The number of benzene rings is 1. The van der Waals surface area contributed by atoms with Gasteiger partial charge in [0.15, 0.2) is 0 Å². The number of aliphatic hydroxyl groups is 1. The lowest BCUT2D eigenvalue weighted by atomic mass is 10.1. The van der Waals surface area contributed by atoms with Gasteiger partial charge in [-0.25, -0.2) is 4.39 Å². The van der Waals surface area contributed by atoms with Crippen LogP contribution in [0.5, 0.6) is 0 Å². The molecule has 0 radical (unpaired) electrons. The van der Waals surface area contributed by atoms with E-state index in [4.69, 9.17) is 16.7 Å². The standard InChI is InChI=1S/C10H12ClFO/c1-7(12)9-3-2-8(4-5-13)10(11)6-9/h2-3,6-7,13H,4-5H2,1H3. The Bertz CT molecular complexity index is 286. The predicted molar refractivity (Wildman–Crippen MR) is 51.8 cm³/mol. The maximum atomic E-state index is 12.8. The van der Waals surface area contributed by atoms with Crippen LogP contribution in [0.15, 0.2) is 18.2 Å². The molecule has 0 saturated carbocycles. The second kappa shape index (κ2) is 4.58. The minimum Gasteiger partial charge on any atom is -0.396 e. The van der Waals surface area contributed by atoms with Crippen molar-refractivity contribution >= 4 is 11.6 Å². The maximum Gasteiger partial charge on any atom is 0.122 e. The largest absolute Gasteiger partial charge is 0.396 e. The van der Waals surface area contributed by atoms with E-state index < -0.39 is 6.17 Å². The third kappa shape index (κ3) is 2.68. The molecule has 1 N–H and O–H groups in total. The molecule has 1 aromatic rings. The summed E-state index contributed by atoms with van der Waals surface area (Å²) in [5.74, 6) is 0. The quantitative estimate of drug-likeness (QED) is 0.799. The van der Waals surface area contributed by atoms with Crippen molar-refractivity contribution in [2.75, 3.05) is 6.61 Å². The maximum absolute atomic E-state index is 12.8. The fourth-order valence-corrected chi connectivity index (χ4v) is 1.42. The summed E-state index contributed by atoms with van der Waals surface area (Å²) >= 11 is 5.87. The highest BCUT2D eigenvalue weighted by atomic mass is 35.5. The fourth-order valence-electron chi connectivity index (χ4n) is 1.13. The number of hydrogen-bond donors (Lipinski definition) is 1. The molecule has 0 aliphatic heterocycles. The van der Waals surface area contributed by atoms with Gasteiger partial charge >= 0.3 is 0 Å². The van der Waals surface area contributed by atoms with Crippen molar-refractivity contribution in [2.24, 2.45) is 0 Å². The molecule has 1 nitrogen and oxygen atoms in total. The summed E-state index contributed by atoms with van der Waals surface area (Å²) in [6.45, 7) is 1.53. The molecule has 1 atom stereocenters. The molecule has 0 aromatic heterocycles. The second-order valence-electron chi connectivity index (χ2n) is 2.94. The zero-order chi connectivity index (χ0) is 9.84. The van der Waals surface area contributed by atoms with E-state index in [-0.39, 0.29) is 6.61 Å². The lowest BCUT2D eigenvalue weighted by molar-refractivity contribution is 0.299. The number of halogens is 2. The Balaban J connectivity index is 2.92. The highest BCUT2D eigenvalue weighted by Gasteiger charge is 2.06. The van der Waals surface area contributed by atoms with E-state index in [1.54, 1.807) is 18.2 Å². The Morgan fingerprint density at radius 2 is 2.23 bits per heavy atom. The Kier molecular flexibility index (Phi) is 3.70. The average molecular weight is 203 g/mol. The molecule has 0 saturated heterocycles. The minimum atomic E-state index is -0.999. The first-order chi connectivity index (χ1) is 6.15. The Morgan fingerprint density at radius 1 is 1.54 bits per heavy atom. The van der Waals surface area contributed by atoms with Gasteiger partial charge in [0.1, 0.15) is 6.17 Å². The number of aliphatic hydroxyl groups excluding tert-OH is 1. The van der Waals surface area contributed by atoms with Crippen LogP contribution < -0.4 is 0 Å². The van der Waals surface area contributed by atoms with Gasteiger partial charge in [0.2, 0.25) is 0 Å². The van der Waals surface area contributed by atoms with E-state index in [9.17, 15) is 4.39 Å². The molecular formula is C10H12ClFO. The van der Waals surface area contributed by atoms with Crippen molar-refractivity contribution in [1.82, 2.24) is 0 Å². The monoisotopic (exact) mass is 202 g/mol. The van der Waals surface area contributed by atoms with Gasteiger partial charge in [0, 0.05) is 11.6 Å². The molecule has 0 aliphatic carbocycles. The molecule has 0 amide bonds. The highest BCUT2D eigenvalue weighted by molar-refractivity contribution is 6.31. The summed E-state index contributed by atoms with van der Waals surface area (Å²) in [6, 6.07) is 5.06. The minimum absolute atomic E-state index is 0.0598. The van der Waals surface area contributed by atoms with E-state index in [0.717, 1.165) is 5.56 Å². The topological polar surface area (TPSA) is 20.2 Å². The van der Waals surface area contributed by atoms with E-state index in [0.29, 0.717) is 17.0 Å². The van der Waals surface area contributed by atoms with Crippen molar-refractivity contribution in [3.63, 3.8) is 0 Å². The van der Waals surface area contributed by atoms with Gasteiger partial charge in [-0.15, -0.1) is 0 Å². The molecule has 72 valence electrons. The first-order valence-electron chi connectivity index (χ1n) is 4.18. The van der Waals surface area contributed by atoms with Crippen LogP contribution in [-0.4, -0.2) is 11.7 Å². The fraction of sp³-hybridized carbons (Fsp3) is 0.400. The van der Waals surface area contributed by atoms with E-state index >= 15 is 0 Å². The summed E-state index contributed by atoms with van der Waals surface area (Å²) in [5, 5.41) is 9.21. The van der Waals surface area contributed by atoms with Crippen molar-refractivity contribution < 1.29 is 9.50 Å². The van der Waals surface area contributed by atoms with Crippen molar-refractivity contribution in [3.05, 3.63) is 34.3 Å². The number of alkyl halides is 1. The van der Waals surface area contributed by atoms with Gasteiger partial charge in [-0.05, 0) is 30.5 Å². The van der Waals surface area contributed by atoms with Gasteiger partial charge in [-0.1, -0.05) is 23.7 Å². The number of hydrogen-bond acceptors (Lipinski definition) is 1. The van der Waals surface area contributed by atoms with Crippen LogP contribution in [0.3, 0.4) is 0 Å². The first-order valence-corrected chi connectivity index (χ1v) is 4.56. The van der Waals surface area contributed by atoms with Gasteiger partial charge < -0.3 is 5.11 Å². The summed E-state index contributed by atoms with van der Waals surface area (Å²) in [5.41, 5.74) is 1.43. The normalized spacial score (nSPS) is 12.9. The second-order valence-corrected chi connectivity index (χ2v) is 3.35. The summed E-state index contributed by atoms with van der Waals surface area (Å²) in [6.07, 6.45) is -0.486. The van der Waals surface area contributed by atoms with E-state index in [1.165, 1.54) is 6.92 Å². The first kappa shape index (κ1) is 10.5. The zero-order valence-electron chi connectivity index (χ0n) is 7.43. The van der Waals surface area contributed by atoms with Crippen LogP contribution in [0.4, 0.5) is 4.39 Å². The van der Waals surface area contributed by atoms with Crippen LogP contribution in [0.25, 0.3) is 0 Å². The lowest BCUT2D eigenvalue weighted by Gasteiger charge is -2.06. The molecule has 0 heterocycles. The van der Waals surface area contributed by atoms with Gasteiger partial charge in [-0.3, -0.25) is 0 Å². The van der Waals surface area contributed by atoms with Gasteiger partial charge in [0.05, 0.1) is 0 Å². The molecular weight excluding hydrogens is 191 g/mol. The molecule has 0 aliphatic rings. The van der Waals surface area contributed by atoms with Gasteiger partial charge in [-0.2, -0.15) is 0 Å². The Hall–Kier alpha value is -0.600. The molecule has 0 spiro atoms. The predicted octanol–water partition coefficient (Wildman–Crippen LogP) is 2.91. The van der Waals surface area contributed by atoms with Crippen molar-refractivity contribution in [3.8, 4) is 0 Å². The van der Waals surface area contributed by atoms with E-state index in [1.807, 2.05) is 0 Å². The molecule has 13 heavy (non-hydrogen) atoms.